The monoisotopic (exact) mass is 240 g/mol. The lowest BCUT2D eigenvalue weighted by Crippen LogP contribution is -1.96. The minimum absolute atomic E-state index is 0.0147. The minimum Gasteiger partial charge on any atom is -0.478 e. The number of aromatic carboxylic acids is 1. The molecule has 0 radical (unpaired) electrons. The lowest BCUT2D eigenvalue weighted by Gasteiger charge is -2.04. The standard InChI is InChI=1S/C15H12O3/c1-10(16)11-5-7-12(8-6-11)13-3-2-4-14(9-13)15(17)18/h2-9H,1H3,(H,17,18). The molecule has 90 valence electrons. The maximum absolute atomic E-state index is 11.2. The van der Waals surface area contributed by atoms with E-state index in [4.69, 9.17) is 5.11 Å². The summed E-state index contributed by atoms with van der Waals surface area (Å²) in [5.74, 6) is -0.932. The first-order valence-corrected chi connectivity index (χ1v) is 5.52. The first kappa shape index (κ1) is 12.0. The fourth-order valence-corrected chi connectivity index (χ4v) is 1.73. The third kappa shape index (κ3) is 2.46. The van der Waals surface area contributed by atoms with Crippen LogP contribution in [0.4, 0.5) is 0 Å². The Bertz CT molecular complexity index is 597. The zero-order valence-electron chi connectivity index (χ0n) is 9.88. The average Bonchev–Trinajstić information content (AvgIpc) is 2.39. The molecule has 0 unspecified atom stereocenters. The Balaban J connectivity index is 2.39. The molecule has 0 fully saturated rings. The molecule has 0 amide bonds. The van der Waals surface area contributed by atoms with Gasteiger partial charge in [-0.05, 0) is 30.2 Å². The van der Waals surface area contributed by atoms with Gasteiger partial charge in [-0.15, -0.1) is 0 Å². The maximum Gasteiger partial charge on any atom is 0.335 e. The molecule has 18 heavy (non-hydrogen) atoms. The highest BCUT2D eigenvalue weighted by Crippen LogP contribution is 2.21. The molecule has 3 nitrogen and oxygen atoms in total. The van der Waals surface area contributed by atoms with Gasteiger partial charge in [0, 0.05) is 5.56 Å². The van der Waals surface area contributed by atoms with Crippen LogP contribution in [0.2, 0.25) is 0 Å². The number of Topliss-reactive ketones (excluding diaryl/α,β-unsaturated/α-hetero) is 1. The van der Waals surface area contributed by atoms with Crippen LogP contribution in [0.5, 0.6) is 0 Å². The van der Waals surface area contributed by atoms with Gasteiger partial charge >= 0.3 is 5.97 Å². The molecule has 2 aromatic rings. The van der Waals surface area contributed by atoms with Crippen molar-refractivity contribution in [2.75, 3.05) is 0 Å². The second kappa shape index (κ2) is 4.84. The quantitative estimate of drug-likeness (QED) is 0.838. The van der Waals surface area contributed by atoms with Gasteiger partial charge in [-0.25, -0.2) is 4.79 Å². The highest BCUT2D eigenvalue weighted by molar-refractivity contribution is 5.94. The minimum atomic E-state index is -0.947. The van der Waals surface area contributed by atoms with Crippen LogP contribution in [0.3, 0.4) is 0 Å². The first-order valence-electron chi connectivity index (χ1n) is 5.52. The zero-order chi connectivity index (χ0) is 13.1. The van der Waals surface area contributed by atoms with Gasteiger partial charge in [0.05, 0.1) is 5.56 Å². The number of carboxylic acids is 1. The summed E-state index contributed by atoms with van der Waals surface area (Å²) >= 11 is 0. The molecule has 0 aliphatic heterocycles. The fourth-order valence-electron chi connectivity index (χ4n) is 1.73. The number of ketones is 1. The van der Waals surface area contributed by atoms with Gasteiger partial charge in [-0.2, -0.15) is 0 Å². The van der Waals surface area contributed by atoms with Crippen molar-refractivity contribution in [1.82, 2.24) is 0 Å². The van der Waals surface area contributed by atoms with Crippen LogP contribution in [0, 0.1) is 0 Å². The summed E-state index contributed by atoms with van der Waals surface area (Å²) in [6.45, 7) is 1.51. The normalized spacial score (nSPS) is 10.1. The topological polar surface area (TPSA) is 54.4 Å². The van der Waals surface area contributed by atoms with Crippen LogP contribution in [0.1, 0.15) is 27.6 Å². The van der Waals surface area contributed by atoms with Crippen LogP contribution in [0.15, 0.2) is 48.5 Å². The van der Waals surface area contributed by atoms with Crippen molar-refractivity contribution in [3.63, 3.8) is 0 Å². The van der Waals surface area contributed by atoms with E-state index in [0.29, 0.717) is 5.56 Å². The predicted molar refractivity (Wildman–Crippen MR) is 68.8 cm³/mol. The Morgan fingerprint density at radius 2 is 1.56 bits per heavy atom. The van der Waals surface area contributed by atoms with Crippen LogP contribution in [-0.2, 0) is 0 Å². The Kier molecular flexibility index (Phi) is 3.24. The lowest BCUT2D eigenvalue weighted by molar-refractivity contribution is 0.0696. The Labute approximate surface area is 105 Å². The second-order valence-corrected chi connectivity index (χ2v) is 4.02. The molecule has 1 N–H and O–H groups in total. The molecule has 2 rings (SSSR count). The number of hydrogen-bond donors (Lipinski definition) is 1. The summed E-state index contributed by atoms with van der Waals surface area (Å²) in [6, 6.07) is 13.8. The van der Waals surface area contributed by atoms with Gasteiger partial charge in [0.15, 0.2) is 5.78 Å². The van der Waals surface area contributed by atoms with Gasteiger partial charge in [-0.1, -0.05) is 36.4 Å². The molecular weight excluding hydrogens is 228 g/mol. The average molecular weight is 240 g/mol. The zero-order valence-corrected chi connectivity index (χ0v) is 9.88. The molecule has 0 aliphatic carbocycles. The third-order valence-electron chi connectivity index (χ3n) is 2.73. The van der Waals surface area contributed by atoms with E-state index in [1.807, 2.05) is 18.2 Å². The van der Waals surface area contributed by atoms with Crippen molar-refractivity contribution in [3.8, 4) is 11.1 Å². The summed E-state index contributed by atoms with van der Waals surface area (Å²) in [4.78, 5) is 22.0. The summed E-state index contributed by atoms with van der Waals surface area (Å²) < 4.78 is 0. The van der Waals surface area contributed by atoms with Crippen LogP contribution in [0.25, 0.3) is 11.1 Å². The Morgan fingerprint density at radius 3 is 2.11 bits per heavy atom. The number of rotatable bonds is 3. The SMILES string of the molecule is CC(=O)c1ccc(-c2cccc(C(=O)O)c2)cc1. The van der Waals surface area contributed by atoms with Crippen LogP contribution >= 0.6 is 0 Å². The fraction of sp³-hybridized carbons (Fsp3) is 0.0667. The van der Waals surface area contributed by atoms with Crippen LogP contribution < -0.4 is 0 Å². The molecule has 0 saturated heterocycles. The number of benzene rings is 2. The Morgan fingerprint density at radius 1 is 0.889 bits per heavy atom. The highest BCUT2D eigenvalue weighted by atomic mass is 16.4. The summed E-state index contributed by atoms with van der Waals surface area (Å²) in [5, 5.41) is 8.93. The van der Waals surface area contributed by atoms with Gasteiger partial charge in [0.1, 0.15) is 0 Å². The number of carbonyl (C=O) groups is 2. The van der Waals surface area contributed by atoms with Crippen molar-refractivity contribution in [3.05, 3.63) is 59.7 Å². The second-order valence-electron chi connectivity index (χ2n) is 4.02. The smallest absolute Gasteiger partial charge is 0.335 e. The molecule has 0 saturated carbocycles. The van der Waals surface area contributed by atoms with Crippen molar-refractivity contribution in [2.24, 2.45) is 0 Å². The van der Waals surface area contributed by atoms with Crippen molar-refractivity contribution < 1.29 is 14.7 Å². The maximum atomic E-state index is 11.2. The predicted octanol–water partition coefficient (Wildman–Crippen LogP) is 3.25. The van der Waals surface area contributed by atoms with E-state index >= 15 is 0 Å². The Hall–Kier alpha value is -2.42. The summed E-state index contributed by atoms with van der Waals surface area (Å²) in [7, 11) is 0. The van der Waals surface area contributed by atoms with Crippen molar-refractivity contribution in [1.29, 1.82) is 0 Å². The van der Waals surface area contributed by atoms with Crippen molar-refractivity contribution >= 4 is 11.8 Å². The number of hydrogen-bond acceptors (Lipinski definition) is 2. The van der Waals surface area contributed by atoms with E-state index in [-0.39, 0.29) is 11.3 Å². The number of carbonyl (C=O) groups excluding carboxylic acids is 1. The summed E-state index contributed by atoms with van der Waals surface area (Å²) in [6.07, 6.45) is 0. The third-order valence-corrected chi connectivity index (χ3v) is 2.73. The lowest BCUT2D eigenvalue weighted by atomic mass is 10.0. The van der Waals surface area contributed by atoms with Crippen LogP contribution in [-0.4, -0.2) is 16.9 Å². The van der Waals surface area contributed by atoms with E-state index in [9.17, 15) is 9.59 Å². The van der Waals surface area contributed by atoms with E-state index in [0.717, 1.165) is 11.1 Å². The first-order chi connectivity index (χ1) is 8.58. The van der Waals surface area contributed by atoms with E-state index < -0.39 is 5.97 Å². The molecule has 0 heterocycles. The molecule has 0 atom stereocenters. The number of carboxylic acid groups (broad SMARTS) is 1. The largest absolute Gasteiger partial charge is 0.478 e. The van der Waals surface area contributed by atoms with Gasteiger partial charge < -0.3 is 5.11 Å². The molecule has 3 heteroatoms. The van der Waals surface area contributed by atoms with E-state index in [1.54, 1.807) is 30.3 Å². The van der Waals surface area contributed by atoms with Crippen molar-refractivity contribution in [2.45, 2.75) is 6.92 Å². The molecule has 0 spiro atoms. The molecular formula is C15H12O3. The molecule has 0 aliphatic rings. The molecule has 0 bridgehead atoms. The van der Waals surface area contributed by atoms with Gasteiger partial charge in [-0.3, -0.25) is 4.79 Å². The highest BCUT2D eigenvalue weighted by Gasteiger charge is 2.05. The van der Waals surface area contributed by atoms with Gasteiger partial charge in [0.2, 0.25) is 0 Å². The molecule has 0 aromatic heterocycles. The van der Waals surface area contributed by atoms with Gasteiger partial charge in [0.25, 0.3) is 0 Å². The van der Waals surface area contributed by atoms with E-state index in [2.05, 4.69) is 0 Å². The molecule has 2 aromatic carbocycles. The summed E-state index contributed by atoms with van der Waals surface area (Å²) in [5.41, 5.74) is 2.62. The van der Waals surface area contributed by atoms with E-state index in [1.165, 1.54) is 6.92 Å².